The number of hydrogen-bond acceptors (Lipinski definition) is 7. The van der Waals surface area contributed by atoms with Gasteiger partial charge in [0.15, 0.2) is 5.17 Å². The molecule has 1 fully saturated rings. The molecule has 2 aromatic carbocycles. The maximum absolute atomic E-state index is 12.3. The lowest BCUT2D eigenvalue weighted by Gasteiger charge is -1.99. The smallest absolute Gasteiger partial charge is 0.288 e. The Kier molecular flexibility index (Phi) is 5.79. The molecule has 0 saturated carbocycles. The Bertz CT molecular complexity index is 1230. The number of rotatable bonds is 5. The summed E-state index contributed by atoms with van der Waals surface area (Å²) in [6.07, 6.45) is 1.59. The number of hydrogen-bond donors (Lipinski definition) is 1. The van der Waals surface area contributed by atoms with Gasteiger partial charge in [-0.2, -0.15) is 0 Å². The zero-order valence-electron chi connectivity index (χ0n) is 16.0. The van der Waals surface area contributed by atoms with Crippen molar-refractivity contribution in [3.63, 3.8) is 0 Å². The van der Waals surface area contributed by atoms with E-state index in [-0.39, 0.29) is 16.6 Å². The summed E-state index contributed by atoms with van der Waals surface area (Å²) in [5, 5.41) is 14.3. The molecule has 0 aliphatic carbocycles. The monoisotopic (exact) mass is 455 g/mol. The highest BCUT2D eigenvalue weighted by Gasteiger charge is 2.24. The zero-order valence-corrected chi connectivity index (χ0v) is 17.6. The predicted molar refractivity (Wildman–Crippen MR) is 120 cm³/mol. The summed E-state index contributed by atoms with van der Waals surface area (Å²) in [4.78, 5) is 27.6. The van der Waals surface area contributed by atoms with E-state index in [0.29, 0.717) is 38.6 Å². The van der Waals surface area contributed by atoms with E-state index in [1.54, 1.807) is 55.7 Å². The Morgan fingerprint density at radius 2 is 1.97 bits per heavy atom. The van der Waals surface area contributed by atoms with Crippen LogP contribution in [0.2, 0.25) is 5.02 Å². The van der Waals surface area contributed by atoms with Crippen molar-refractivity contribution in [1.29, 1.82) is 0 Å². The van der Waals surface area contributed by atoms with E-state index < -0.39 is 4.92 Å². The first-order valence-corrected chi connectivity index (χ1v) is 10.1. The number of nitro groups is 1. The number of ether oxygens (including phenoxy) is 1. The van der Waals surface area contributed by atoms with Crippen molar-refractivity contribution in [2.75, 3.05) is 7.11 Å². The lowest BCUT2D eigenvalue weighted by atomic mass is 10.1. The van der Waals surface area contributed by atoms with E-state index in [0.717, 1.165) is 0 Å². The molecule has 10 heteroatoms. The molecule has 0 radical (unpaired) electrons. The molecule has 2 heterocycles. The summed E-state index contributed by atoms with van der Waals surface area (Å²) < 4.78 is 10.9. The minimum Gasteiger partial charge on any atom is -0.497 e. The normalized spacial score (nSPS) is 16.0. The quantitative estimate of drug-likeness (QED) is 0.313. The summed E-state index contributed by atoms with van der Waals surface area (Å²) >= 11 is 7.04. The second kappa shape index (κ2) is 8.66. The Balaban J connectivity index is 1.54. The lowest BCUT2D eigenvalue weighted by molar-refractivity contribution is -0.384. The molecule has 4 rings (SSSR count). The van der Waals surface area contributed by atoms with Gasteiger partial charge in [0, 0.05) is 17.7 Å². The van der Waals surface area contributed by atoms with Crippen LogP contribution >= 0.6 is 23.4 Å². The van der Waals surface area contributed by atoms with Crippen LogP contribution in [0.5, 0.6) is 5.75 Å². The fourth-order valence-corrected chi connectivity index (χ4v) is 3.78. The Morgan fingerprint density at radius 1 is 1.19 bits per heavy atom. The summed E-state index contributed by atoms with van der Waals surface area (Å²) in [6.45, 7) is 0. The number of benzene rings is 2. The van der Waals surface area contributed by atoms with Crippen LogP contribution in [0.15, 0.2) is 68.9 Å². The molecule has 0 bridgehead atoms. The maximum Gasteiger partial charge on any atom is 0.288 e. The van der Waals surface area contributed by atoms with Gasteiger partial charge in [-0.05, 0) is 60.3 Å². The minimum atomic E-state index is -0.555. The topological polar surface area (TPSA) is 107 Å². The van der Waals surface area contributed by atoms with Crippen LogP contribution in [0.3, 0.4) is 0 Å². The average Bonchev–Trinajstić information content (AvgIpc) is 3.35. The van der Waals surface area contributed by atoms with E-state index in [1.165, 1.54) is 23.9 Å². The first-order valence-electron chi connectivity index (χ1n) is 8.91. The Morgan fingerprint density at radius 3 is 2.68 bits per heavy atom. The van der Waals surface area contributed by atoms with Gasteiger partial charge in [0.2, 0.25) is 0 Å². The first kappa shape index (κ1) is 20.7. The molecule has 1 aliphatic heterocycles. The molecular formula is C21H14ClN3O5S. The molecule has 1 N–H and O–H groups in total. The highest BCUT2D eigenvalue weighted by molar-refractivity contribution is 8.18. The summed E-state index contributed by atoms with van der Waals surface area (Å²) in [6, 6.07) is 14.9. The SMILES string of the molecule is COc1ccc(N=C2NC(=O)/C(=C/c3ccc(-c4ccc(Cl)c([N+](=O)[O-])c4)o3)S2)cc1. The van der Waals surface area contributed by atoms with E-state index in [9.17, 15) is 14.9 Å². The van der Waals surface area contributed by atoms with Crippen molar-refractivity contribution >= 4 is 51.9 Å². The zero-order chi connectivity index (χ0) is 22.0. The number of aliphatic imine (C=N–C) groups is 1. The third-order valence-electron chi connectivity index (χ3n) is 4.28. The highest BCUT2D eigenvalue weighted by atomic mass is 35.5. The minimum absolute atomic E-state index is 0.0466. The third-order valence-corrected chi connectivity index (χ3v) is 5.51. The van der Waals surface area contributed by atoms with Crippen LogP contribution in [0.4, 0.5) is 11.4 Å². The summed E-state index contributed by atoms with van der Waals surface area (Å²) in [5.74, 6) is 1.27. The molecule has 8 nitrogen and oxygen atoms in total. The fraction of sp³-hybridized carbons (Fsp3) is 0.0476. The van der Waals surface area contributed by atoms with Crippen molar-refractivity contribution in [2.24, 2.45) is 4.99 Å². The fourth-order valence-electron chi connectivity index (χ4n) is 2.78. The number of methoxy groups -OCH3 is 1. The molecular weight excluding hydrogens is 442 g/mol. The number of carbonyl (C=O) groups is 1. The van der Waals surface area contributed by atoms with Crippen molar-refractivity contribution in [3.05, 3.63) is 80.4 Å². The number of nitrogens with one attached hydrogen (secondary N) is 1. The van der Waals surface area contributed by atoms with E-state index in [4.69, 9.17) is 20.8 Å². The van der Waals surface area contributed by atoms with Crippen molar-refractivity contribution in [2.45, 2.75) is 0 Å². The van der Waals surface area contributed by atoms with Crippen LogP contribution in [0.1, 0.15) is 5.76 Å². The van der Waals surface area contributed by atoms with Crippen molar-refractivity contribution < 1.29 is 18.9 Å². The summed E-state index contributed by atoms with van der Waals surface area (Å²) in [5.41, 5.74) is 0.973. The van der Waals surface area contributed by atoms with Crippen LogP contribution in [0, 0.1) is 10.1 Å². The predicted octanol–water partition coefficient (Wildman–Crippen LogP) is 5.41. The number of amides is 1. The molecule has 1 aliphatic rings. The second-order valence-electron chi connectivity index (χ2n) is 6.31. The lowest BCUT2D eigenvalue weighted by Crippen LogP contribution is -2.19. The largest absolute Gasteiger partial charge is 0.497 e. The molecule has 31 heavy (non-hydrogen) atoms. The van der Waals surface area contributed by atoms with Crippen LogP contribution in [-0.2, 0) is 4.79 Å². The molecule has 1 amide bonds. The standard InChI is InChI=1S/C21H14ClN3O5S/c1-29-14-5-3-13(4-6-14)23-21-24-20(26)19(31-21)11-15-7-9-18(30-15)12-2-8-16(22)17(10-12)25(27)28/h2-11H,1H3,(H,23,24,26)/b19-11-. The molecule has 156 valence electrons. The molecule has 1 saturated heterocycles. The number of nitrogens with zero attached hydrogens (tertiary/aromatic N) is 2. The summed E-state index contributed by atoms with van der Waals surface area (Å²) in [7, 11) is 1.58. The molecule has 1 aromatic heterocycles. The van der Waals surface area contributed by atoms with Crippen molar-refractivity contribution in [1.82, 2.24) is 5.32 Å². The van der Waals surface area contributed by atoms with Gasteiger partial charge in [0.25, 0.3) is 11.6 Å². The van der Waals surface area contributed by atoms with E-state index in [1.807, 2.05) is 0 Å². The van der Waals surface area contributed by atoms with Gasteiger partial charge in [-0.1, -0.05) is 11.6 Å². The molecule has 0 unspecified atom stereocenters. The van der Waals surface area contributed by atoms with Crippen LogP contribution < -0.4 is 10.1 Å². The molecule has 0 spiro atoms. The number of thioether (sulfide) groups is 1. The number of furan rings is 1. The van der Waals surface area contributed by atoms with Gasteiger partial charge >= 0.3 is 0 Å². The van der Waals surface area contributed by atoms with Crippen molar-refractivity contribution in [3.8, 4) is 17.1 Å². The molecule has 0 atom stereocenters. The number of carbonyl (C=O) groups excluding carboxylic acids is 1. The maximum atomic E-state index is 12.3. The van der Waals surface area contributed by atoms with Gasteiger partial charge in [-0.25, -0.2) is 4.99 Å². The third kappa shape index (κ3) is 4.62. The Labute approximate surface area is 185 Å². The first-order chi connectivity index (χ1) is 14.9. The second-order valence-corrected chi connectivity index (χ2v) is 7.74. The van der Waals surface area contributed by atoms with Crippen LogP contribution in [0.25, 0.3) is 17.4 Å². The van der Waals surface area contributed by atoms with Gasteiger partial charge < -0.3 is 14.5 Å². The average molecular weight is 456 g/mol. The Hall–Kier alpha value is -3.56. The van der Waals surface area contributed by atoms with Crippen LogP contribution in [-0.4, -0.2) is 23.1 Å². The number of halogens is 1. The van der Waals surface area contributed by atoms with Gasteiger partial charge in [-0.3, -0.25) is 14.9 Å². The van der Waals surface area contributed by atoms with Gasteiger partial charge in [0.1, 0.15) is 22.3 Å². The number of amidine groups is 1. The van der Waals surface area contributed by atoms with Gasteiger partial charge in [0.05, 0.1) is 22.6 Å². The number of nitro benzene ring substituents is 1. The van der Waals surface area contributed by atoms with E-state index in [2.05, 4.69) is 10.3 Å². The van der Waals surface area contributed by atoms with Gasteiger partial charge in [-0.15, -0.1) is 0 Å². The van der Waals surface area contributed by atoms with E-state index >= 15 is 0 Å². The highest BCUT2D eigenvalue weighted by Crippen LogP contribution is 2.33. The molecule has 3 aromatic rings.